The van der Waals surface area contributed by atoms with Crippen LogP contribution in [0.15, 0.2) is 99.9 Å². The first kappa shape index (κ1) is 33.1. The summed E-state index contributed by atoms with van der Waals surface area (Å²) in [4.78, 5) is 32.7. The Morgan fingerprint density at radius 2 is 1.77 bits per heavy atom. The van der Waals surface area contributed by atoms with E-state index in [1.165, 1.54) is 15.9 Å². The van der Waals surface area contributed by atoms with Gasteiger partial charge in [0.25, 0.3) is 5.56 Å². The molecule has 0 fully saturated rings. The molecule has 0 aliphatic carbocycles. The minimum atomic E-state index is -0.804. The van der Waals surface area contributed by atoms with Crippen molar-refractivity contribution in [3.05, 3.63) is 132 Å². The van der Waals surface area contributed by atoms with Crippen LogP contribution in [0.1, 0.15) is 50.4 Å². The number of fused-ring (bicyclic) bond motifs is 2. The summed E-state index contributed by atoms with van der Waals surface area (Å²) in [5.74, 6) is 0.871. The van der Waals surface area contributed by atoms with Crippen LogP contribution in [0, 0.1) is 0 Å². The van der Waals surface area contributed by atoms with Crippen molar-refractivity contribution in [2.45, 2.75) is 46.4 Å². The maximum atomic E-state index is 14.2. The molecule has 0 N–H and O–H groups in total. The molecule has 0 unspecified atom stereocenters. The molecule has 1 atom stereocenters. The lowest BCUT2D eigenvalue weighted by Crippen LogP contribution is -2.40. The molecular weight excluding hydrogens is 648 g/mol. The zero-order valence-electron chi connectivity index (χ0n) is 27.3. The number of aromatic nitrogens is 1. The third kappa shape index (κ3) is 6.61. The lowest BCUT2D eigenvalue weighted by molar-refractivity contribution is -0.139. The first-order chi connectivity index (χ1) is 23.2. The Morgan fingerprint density at radius 3 is 2.52 bits per heavy atom. The van der Waals surface area contributed by atoms with Gasteiger partial charge >= 0.3 is 5.97 Å². The first-order valence-corrected chi connectivity index (χ1v) is 16.8. The fourth-order valence-electron chi connectivity index (χ4n) is 5.75. The van der Waals surface area contributed by atoms with Crippen LogP contribution < -0.4 is 29.1 Å². The minimum absolute atomic E-state index is 0.127. The van der Waals surface area contributed by atoms with Crippen molar-refractivity contribution in [2.75, 3.05) is 13.7 Å². The number of carbonyl (C=O) groups is 1. The van der Waals surface area contributed by atoms with Crippen LogP contribution in [0.25, 0.3) is 16.8 Å². The van der Waals surface area contributed by atoms with Crippen molar-refractivity contribution in [3.8, 4) is 17.2 Å². The number of halogens is 1. The number of rotatable bonds is 10. The lowest BCUT2D eigenvalue weighted by atomic mass is 9.95. The Balaban J connectivity index is 1.40. The SMILES string of the molecule is CCOC(=O)C1=C(C)N=c2s/c(=C/c3cc(Cl)c(OCc4ccc5ccccc5c4)c(OC)c3)c(=O)n2[C@H]1c1ccccc1OC(C)C. The zero-order chi connectivity index (χ0) is 33.9. The third-order valence-electron chi connectivity index (χ3n) is 7.84. The van der Waals surface area contributed by atoms with Crippen LogP contribution >= 0.6 is 22.9 Å². The van der Waals surface area contributed by atoms with E-state index in [0.29, 0.717) is 55.0 Å². The number of nitrogens with zero attached hydrogens (tertiary/aromatic N) is 2. The number of thiazole rings is 1. The number of methoxy groups -OCH3 is 1. The highest BCUT2D eigenvalue weighted by Gasteiger charge is 2.35. The van der Waals surface area contributed by atoms with Gasteiger partial charge < -0.3 is 18.9 Å². The van der Waals surface area contributed by atoms with Crippen molar-refractivity contribution < 1.29 is 23.7 Å². The predicted octanol–water partition coefficient (Wildman–Crippen LogP) is 6.98. The molecule has 0 spiro atoms. The highest BCUT2D eigenvalue weighted by atomic mass is 35.5. The van der Waals surface area contributed by atoms with Gasteiger partial charge in [0.1, 0.15) is 18.4 Å². The molecule has 1 aliphatic rings. The number of para-hydroxylation sites is 1. The van der Waals surface area contributed by atoms with Crippen LogP contribution in [-0.2, 0) is 16.1 Å². The number of benzene rings is 4. The second-order valence-corrected chi connectivity index (χ2v) is 12.9. The molecule has 5 aromatic rings. The van der Waals surface area contributed by atoms with Gasteiger partial charge in [-0.25, -0.2) is 9.79 Å². The van der Waals surface area contributed by atoms with Gasteiger partial charge in [0, 0.05) is 5.56 Å². The van der Waals surface area contributed by atoms with Gasteiger partial charge in [-0.2, -0.15) is 0 Å². The van der Waals surface area contributed by atoms with E-state index in [2.05, 4.69) is 29.3 Å². The van der Waals surface area contributed by atoms with Gasteiger partial charge in [0.2, 0.25) is 0 Å². The molecule has 0 radical (unpaired) electrons. The van der Waals surface area contributed by atoms with Crippen LogP contribution in [0.4, 0.5) is 0 Å². The van der Waals surface area contributed by atoms with Crippen LogP contribution in [0.2, 0.25) is 5.02 Å². The molecule has 4 aromatic carbocycles. The molecule has 0 saturated heterocycles. The Kier molecular flexibility index (Phi) is 9.71. The number of esters is 1. The van der Waals surface area contributed by atoms with E-state index in [4.69, 9.17) is 30.5 Å². The number of carbonyl (C=O) groups excluding carboxylic acids is 1. The van der Waals surface area contributed by atoms with E-state index in [0.717, 1.165) is 16.3 Å². The van der Waals surface area contributed by atoms with Crippen molar-refractivity contribution in [3.63, 3.8) is 0 Å². The molecule has 1 aromatic heterocycles. The average Bonchev–Trinajstić information content (AvgIpc) is 3.36. The Hall–Kier alpha value is -4.86. The minimum Gasteiger partial charge on any atom is -0.493 e. The van der Waals surface area contributed by atoms with Crippen LogP contribution in [-0.4, -0.2) is 30.4 Å². The van der Waals surface area contributed by atoms with Gasteiger partial charge in [-0.3, -0.25) is 9.36 Å². The summed E-state index contributed by atoms with van der Waals surface area (Å²) < 4.78 is 25.3. The first-order valence-electron chi connectivity index (χ1n) is 15.6. The fourth-order valence-corrected chi connectivity index (χ4v) is 7.07. The summed E-state index contributed by atoms with van der Waals surface area (Å²) >= 11 is 7.97. The molecule has 2 heterocycles. The van der Waals surface area contributed by atoms with E-state index >= 15 is 0 Å². The van der Waals surface area contributed by atoms with Crippen molar-refractivity contribution in [1.29, 1.82) is 0 Å². The van der Waals surface area contributed by atoms with Crippen molar-refractivity contribution >= 4 is 45.8 Å². The molecular formula is C38H35ClN2O6S. The lowest BCUT2D eigenvalue weighted by Gasteiger charge is -2.26. The smallest absolute Gasteiger partial charge is 0.338 e. The van der Waals surface area contributed by atoms with Crippen LogP contribution in [0.5, 0.6) is 17.2 Å². The van der Waals surface area contributed by atoms with Gasteiger partial charge in [0.15, 0.2) is 16.3 Å². The molecule has 246 valence electrons. The normalized spacial score (nSPS) is 14.6. The largest absolute Gasteiger partial charge is 0.493 e. The summed E-state index contributed by atoms with van der Waals surface area (Å²) in [5, 5.41) is 2.61. The number of ether oxygens (including phenoxy) is 4. The average molecular weight is 683 g/mol. The van der Waals surface area contributed by atoms with Gasteiger partial charge in [-0.1, -0.05) is 77.5 Å². The van der Waals surface area contributed by atoms with E-state index in [9.17, 15) is 9.59 Å². The Bertz CT molecular complexity index is 2240. The van der Waals surface area contributed by atoms with E-state index < -0.39 is 12.0 Å². The molecule has 1 aliphatic heterocycles. The van der Waals surface area contributed by atoms with Crippen molar-refractivity contribution in [2.24, 2.45) is 4.99 Å². The molecule has 0 saturated carbocycles. The molecule has 0 amide bonds. The van der Waals surface area contributed by atoms with Crippen LogP contribution in [0.3, 0.4) is 0 Å². The van der Waals surface area contributed by atoms with E-state index in [1.54, 1.807) is 39.2 Å². The van der Waals surface area contributed by atoms with E-state index in [1.807, 2.05) is 56.3 Å². The fraction of sp³-hybridized carbons (Fsp3) is 0.237. The number of allylic oxidation sites excluding steroid dienone is 1. The number of hydrogen-bond acceptors (Lipinski definition) is 8. The topological polar surface area (TPSA) is 88.4 Å². The molecule has 0 bridgehead atoms. The third-order valence-corrected chi connectivity index (χ3v) is 9.10. The Labute approximate surface area is 287 Å². The molecule has 8 nitrogen and oxygen atoms in total. The Morgan fingerprint density at radius 1 is 1.02 bits per heavy atom. The van der Waals surface area contributed by atoms with Crippen molar-refractivity contribution in [1.82, 2.24) is 4.57 Å². The molecule has 48 heavy (non-hydrogen) atoms. The number of hydrogen-bond donors (Lipinski definition) is 0. The highest BCUT2D eigenvalue weighted by molar-refractivity contribution is 7.07. The van der Waals surface area contributed by atoms with Gasteiger partial charge in [-0.05, 0) is 79.9 Å². The summed E-state index contributed by atoms with van der Waals surface area (Å²) in [6, 6.07) is 24.4. The maximum Gasteiger partial charge on any atom is 0.338 e. The summed E-state index contributed by atoms with van der Waals surface area (Å²) in [5.41, 5.74) is 2.74. The predicted molar refractivity (Wildman–Crippen MR) is 189 cm³/mol. The van der Waals surface area contributed by atoms with Gasteiger partial charge in [0.05, 0.1) is 40.6 Å². The molecule has 6 rings (SSSR count). The highest BCUT2D eigenvalue weighted by Crippen LogP contribution is 2.38. The standard InChI is InChI=1S/C38H35ClN2O6S/c1-6-45-37(43)33-23(4)40-38-41(34(33)28-13-9-10-14-30(28)47-22(2)3)36(42)32(48-38)20-25-18-29(39)35(31(19-25)44-5)46-21-24-15-16-26-11-7-8-12-27(26)17-24/h7-20,22,34H,6,21H2,1-5H3/b32-20+/t34-/m0/s1. The monoisotopic (exact) mass is 682 g/mol. The molecule has 10 heteroatoms. The van der Waals surface area contributed by atoms with E-state index in [-0.39, 0.29) is 23.8 Å². The summed E-state index contributed by atoms with van der Waals surface area (Å²) in [6.07, 6.45) is 1.61. The maximum absolute atomic E-state index is 14.2. The quantitative estimate of drug-likeness (QED) is 0.148. The second kappa shape index (κ2) is 14.1. The summed E-state index contributed by atoms with van der Waals surface area (Å²) in [7, 11) is 1.54. The summed E-state index contributed by atoms with van der Waals surface area (Å²) in [6.45, 7) is 7.82. The second-order valence-electron chi connectivity index (χ2n) is 11.5. The zero-order valence-corrected chi connectivity index (χ0v) is 28.9. The van der Waals surface area contributed by atoms with Gasteiger partial charge in [-0.15, -0.1) is 0 Å².